The lowest BCUT2D eigenvalue weighted by molar-refractivity contribution is 0.0339. The molecule has 3 heteroatoms. The van der Waals surface area contributed by atoms with Gasteiger partial charge in [0.15, 0.2) is 0 Å². The molecule has 0 aliphatic carbocycles. The van der Waals surface area contributed by atoms with Crippen LogP contribution in [0.5, 0.6) is 0 Å². The van der Waals surface area contributed by atoms with Crippen molar-refractivity contribution >= 4 is 0 Å². The Morgan fingerprint density at radius 2 is 2.06 bits per heavy atom. The van der Waals surface area contributed by atoms with E-state index < -0.39 is 0 Å². The number of hydrogen-bond acceptors (Lipinski definition) is 3. The molecule has 2 aliphatic heterocycles. The Hall–Kier alpha value is -0.120. The quantitative estimate of drug-likeness (QED) is 0.800. The maximum absolute atomic E-state index is 3.32. The van der Waals surface area contributed by atoms with E-state index in [0.717, 1.165) is 18.6 Å². The predicted octanol–water partition coefficient (Wildman–Crippen LogP) is 1.40. The second kappa shape index (κ2) is 5.25. The Bertz CT molecular complexity index is 252. The van der Waals surface area contributed by atoms with Gasteiger partial charge < -0.3 is 5.32 Å². The van der Waals surface area contributed by atoms with Gasteiger partial charge in [-0.1, -0.05) is 13.8 Å². The number of hydrogen-bond donors (Lipinski definition) is 1. The molecule has 2 aliphatic rings. The van der Waals surface area contributed by atoms with Crippen LogP contribution in [0, 0.1) is 5.41 Å². The summed E-state index contributed by atoms with van der Waals surface area (Å²) in [5, 5.41) is 3.32. The van der Waals surface area contributed by atoms with Crippen LogP contribution in [0.4, 0.5) is 0 Å². The maximum atomic E-state index is 3.32. The topological polar surface area (TPSA) is 18.5 Å². The summed E-state index contributed by atoms with van der Waals surface area (Å²) in [7, 11) is 2.06. The molecule has 1 N–H and O–H groups in total. The minimum Gasteiger partial charge on any atom is -0.319 e. The van der Waals surface area contributed by atoms with Gasteiger partial charge in [0.25, 0.3) is 0 Å². The van der Waals surface area contributed by atoms with Gasteiger partial charge in [0.05, 0.1) is 0 Å². The van der Waals surface area contributed by atoms with E-state index >= 15 is 0 Å². The van der Waals surface area contributed by atoms with Crippen LogP contribution in [0.25, 0.3) is 0 Å². The second-order valence-corrected chi connectivity index (χ2v) is 6.76. The van der Waals surface area contributed by atoms with Crippen molar-refractivity contribution in [3.63, 3.8) is 0 Å². The Labute approximate surface area is 107 Å². The molecule has 0 aromatic heterocycles. The normalized spacial score (nSPS) is 31.8. The van der Waals surface area contributed by atoms with Crippen molar-refractivity contribution in [1.82, 2.24) is 15.1 Å². The lowest BCUT2D eigenvalue weighted by Gasteiger charge is -2.45. The van der Waals surface area contributed by atoms with E-state index in [4.69, 9.17) is 0 Å². The van der Waals surface area contributed by atoms with Gasteiger partial charge in [0.1, 0.15) is 0 Å². The molecule has 2 fully saturated rings. The summed E-state index contributed by atoms with van der Waals surface area (Å²) in [6, 6.07) is 1.57. The van der Waals surface area contributed by atoms with Crippen LogP contribution < -0.4 is 5.32 Å². The summed E-state index contributed by atoms with van der Waals surface area (Å²) >= 11 is 0. The summed E-state index contributed by atoms with van der Waals surface area (Å²) < 4.78 is 0. The third-order valence-electron chi connectivity index (χ3n) is 4.35. The van der Waals surface area contributed by atoms with Crippen LogP contribution in [0.3, 0.4) is 0 Å². The van der Waals surface area contributed by atoms with E-state index in [1.807, 2.05) is 0 Å². The van der Waals surface area contributed by atoms with E-state index in [-0.39, 0.29) is 0 Å². The van der Waals surface area contributed by atoms with E-state index in [1.54, 1.807) is 0 Å². The number of piperazine rings is 1. The molecule has 100 valence electrons. The first-order valence-electron chi connectivity index (χ1n) is 7.14. The highest BCUT2D eigenvalue weighted by Gasteiger charge is 2.36. The first kappa shape index (κ1) is 13.3. The highest BCUT2D eigenvalue weighted by molar-refractivity contribution is 4.92. The maximum Gasteiger partial charge on any atom is 0.0224 e. The molecule has 0 spiro atoms. The smallest absolute Gasteiger partial charge is 0.0224 e. The van der Waals surface area contributed by atoms with Crippen molar-refractivity contribution in [2.24, 2.45) is 5.41 Å². The van der Waals surface area contributed by atoms with Crippen LogP contribution in [0.15, 0.2) is 0 Å². The van der Waals surface area contributed by atoms with Crippen LogP contribution in [-0.2, 0) is 0 Å². The van der Waals surface area contributed by atoms with Gasteiger partial charge in [-0.15, -0.1) is 0 Å². The van der Waals surface area contributed by atoms with Gasteiger partial charge >= 0.3 is 0 Å². The molecule has 2 atom stereocenters. The molecule has 0 saturated carbocycles. The Kier molecular flexibility index (Phi) is 4.11. The minimum atomic E-state index is 0.379. The minimum absolute atomic E-state index is 0.379. The molecule has 3 nitrogen and oxygen atoms in total. The number of nitrogens with one attached hydrogen (secondary N) is 1. The molecular formula is C14H29N3. The molecule has 0 bridgehead atoms. The number of rotatable bonds is 4. The second-order valence-electron chi connectivity index (χ2n) is 6.76. The lowest BCUT2D eigenvalue weighted by atomic mass is 9.91. The fourth-order valence-electron chi connectivity index (χ4n) is 3.55. The van der Waals surface area contributed by atoms with Gasteiger partial charge in [0, 0.05) is 38.3 Å². The molecule has 0 aromatic rings. The van der Waals surface area contributed by atoms with Crippen LogP contribution in [0.2, 0.25) is 0 Å². The molecule has 2 heterocycles. The van der Waals surface area contributed by atoms with Crippen molar-refractivity contribution in [2.75, 3.05) is 39.8 Å². The summed E-state index contributed by atoms with van der Waals surface area (Å²) in [6.07, 6.45) is 2.82. The largest absolute Gasteiger partial charge is 0.319 e. The van der Waals surface area contributed by atoms with Crippen molar-refractivity contribution in [3.05, 3.63) is 0 Å². The third-order valence-corrected chi connectivity index (χ3v) is 4.35. The van der Waals surface area contributed by atoms with Crippen molar-refractivity contribution in [2.45, 2.75) is 45.7 Å². The Balaban J connectivity index is 1.92. The fourth-order valence-corrected chi connectivity index (χ4v) is 3.55. The molecule has 2 unspecified atom stereocenters. The Morgan fingerprint density at radius 3 is 2.76 bits per heavy atom. The summed E-state index contributed by atoms with van der Waals surface area (Å²) in [5.74, 6) is 0. The monoisotopic (exact) mass is 239 g/mol. The first-order valence-corrected chi connectivity index (χ1v) is 7.14. The molecule has 17 heavy (non-hydrogen) atoms. The molecule has 2 saturated heterocycles. The summed E-state index contributed by atoms with van der Waals surface area (Å²) in [5.41, 5.74) is 0.379. The zero-order valence-corrected chi connectivity index (χ0v) is 12.0. The van der Waals surface area contributed by atoms with Crippen molar-refractivity contribution < 1.29 is 0 Å². The predicted molar refractivity (Wildman–Crippen MR) is 73.3 cm³/mol. The standard InChI is InChI=1S/C14H29N3/c1-12-8-16-7-5-6-13(16)9-17(12)11-14(2,3)10-15-4/h12-13,15H,5-11H2,1-4H3. The SMILES string of the molecule is CNCC(C)(C)CN1CC2CCCN2CC1C. The number of nitrogens with zero attached hydrogens (tertiary/aromatic N) is 2. The average Bonchev–Trinajstić information content (AvgIpc) is 2.64. The summed E-state index contributed by atoms with van der Waals surface area (Å²) in [6.45, 7) is 13.4. The van der Waals surface area contributed by atoms with E-state index in [1.165, 1.54) is 39.0 Å². The van der Waals surface area contributed by atoms with Gasteiger partial charge in [-0.2, -0.15) is 0 Å². The zero-order chi connectivity index (χ0) is 12.5. The molecule has 0 amide bonds. The van der Waals surface area contributed by atoms with Gasteiger partial charge in [-0.25, -0.2) is 0 Å². The average molecular weight is 239 g/mol. The van der Waals surface area contributed by atoms with E-state index in [9.17, 15) is 0 Å². The highest BCUT2D eigenvalue weighted by Crippen LogP contribution is 2.27. The van der Waals surface area contributed by atoms with Gasteiger partial charge in [0.2, 0.25) is 0 Å². The summed E-state index contributed by atoms with van der Waals surface area (Å²) in [4.78, 5) is 5.41. The first-order chi connectivity index (χ1) is 8.02. The molecular weight excluding hydrogens is 210 g/mol. The highest BCUT2D eigenvalue weighted by atomic mass is 15.3. The van der Waals surface area contributed by atoms with Crippen molar-refractivity contribution in [3.8, 4) is 0 Å². The third kappa shape index (κ3) is 3.21. The van der Waals surface area contributed by atoms with E-state index in [0.29, 0.717) is 5.41 Å². The molecule has 0 radical (unpaired) electrons. The van der Waals surface area contributed by atoms with Crippen LogP contribution >= 0.6 is 0 Å². The zero-order valence-electron chi connectivity index (χ0n) is 12.0. The van der Waals surface area contributed by atoms with Crippen molar-refractivity contribution in [1.29, 1.82) is 0 Å². The lowest BCUT2D eigenvalue weighted by Crippen LogP contribution is -2.57. The fraction of sp³-hybridized carbons (Fsp3) is 1.00. The van der Waals surface area contributed by atoms with Crippen LogP contribution in [-0.4, -0.2) is 61.7 Å². The Morgan fingerprint density at radius 1 is 1.29 bits per heavy atom. The van der Waals surface area contributed by atoms with E-state index in [2.05, 4.69) is 42.9 Å². The van der Waals surface area contributed by atoms with Gasteiger partial charge in [-0.05, 0) is 38.8 Å². The molecule has 0 aromatic carbocycles. The van der Waals surface area contributed by atoms with Gasteiger partial charge in [-0.3, -0.25) is 9.80 Å². The number of fused-ring (bicyclic) bond motifs is 1. The van der Waals surface area contributed by atoms with Crippen LogP contribution in [0.1, 0.15) is 33.6 Å². The molecule has 2 rings (SSSR count).